The zero-order valence-corrected chi connectivity index (χ0v) is 11.8. The van der Waals surface area contributed by atoms with Crippen LogP contribution in [0.2, 0.25) is 5.02 Å². The third-order valence-corrected chi connectivity index (χ3v) is 3.33. The van der Waals surface area contributed by atoms with Crippen molar-refractivity contribution in [3.63, 3.8) is 0 Å². The van der Waals surface area contributed by atoms with E-state index in [9.17, 15) is 9.18 Å². The quantitative estimate of drug-likeness (QED) is 0.891. The van der Waals surface area contributed by atoms with Crippen LogP contribution in [0.3, 0.4) is 0 Å². The minimum atomic E-state index is -0.613. The fraction of sp³-hybridized carbons (Fsp3) is 0.188. The molecule has 2 rings (SSSR count). The van der Waals surface area contributed by atoms with Crippen molar-refractivity contribution in [2.75, 3.05) is 0 Å². The smallest absolute Gasteiger partial charge is 0.254 e. The lowest BCUT2D eigenvalue weighted by Crippen LogP contribution is -2.28. The first-order chi connectivity index (χ1) is 9.61. The summed E-state index contributed by atoms with van der Waals surface area (Å²) in [5.41, 5.74) is 1.00. The van der Waals surface area contributed by atoms with Gasteiger partial charge < -0.3 is 5.32 Å². The first-order valence-electron chi connectivity index (χ1n) is 6.42. The number of carbonyl (C=O) groups is 1. The van der Waals surface area contributed by atoms with Gasteiger partial charge in [-0.1, -0.05) is 48.9 Å². The standard InChI is InChI=1S/C16H15ClFNO/c1-2-15(11-6-4-3-5-7-11)19-16(20)13-9-8-12(17)10-14(13)18/h3-10,15H,2H2,1H3,(H,19,20)/t15-/m0/s1. The van der Waals surface area contributed by atoms with Crippen LogP contribution in [-0.4, -0.2) is 5.91 Å². The Bertz CT molecular complexity index is 601. The topological polar surface area (TPSA) is 29.1 Å². The lowest BCUT2D eigenvalue weighted by Gasteiger charge is -2.17. The average molecular weight is 292 g/mol. The summed E-state index contributed by atoms with van der Waals surface area (Å²) < 4.78 is 13.7. The van der Waals surface area contributed by atoms with Gasteiger partial charge in [0.1, 0.15) is 5.82 Å². The summed E-state index contributed by atoms with van der Waals surface area (Å²) in [7, 11) is 0. The van der Waals surface area contributed by atoms with Crippen molar-refractivity contribution in [2.45, 2.75) is 19.4 Å². The lowest BCUT2D eigenvalue weighted by molar-refractivity contribution is 0.0931. The summed E-state index contributed by atoms with van der Waals surface area (Å²) in [6.07, 6.45) is 0.727. The number of carbonyl (C=O) groups excluding carboxylic acids is 1. The monoisotopic (exact) mass is 291 g/mol. The molecule has 0 aliphatic carbocycles. The van der Waals surface area contributed by atoms with Crippen LogP contribution in [-0.2, 0) is 0 Å². The van der Waals surface area contributed by atoms with Gasteiger partial charge in [0, 0.05) is 5.02 Å². The largest absolute Gasteiger partial charge is 0.345 e. The minimum Gasteiger partial charge on any atom is -0.345 e. The van der Waals surface area contributed by atoms with Crippen molar-refractivity contribution >= 4 is 17.5 Å². The highest BCUT2D eigenvalue weighted by atomic mass is 35.5. The molecule has 20 heavy (non-hydrogen) atoms. The molecule has 0 heterocycles. The molecule has 2 nitrogen and oxygen atoms in total. The molecule has 0 aromatic heterocycles. The van der Waals surface area contributed by atoms with E-state index >= 15 is 0 Å². The fourth-order valence-electron chi connectivity index (χ4n) is 2.02. The second-order valence-electron chi connectivity index (χ2n) is 4.47. The molecule has 4 heteroatoms. The number of hydrogen-bond donors (Lipinski definition) is 1. The molecule has 1 N–H and O–H groups in total. The van der Waals surface area contributed by atoms with E-state index in [4.69, 9.17) is 11.6 Å². The van der Waals surface area contributed by atoms with E-state index in [1.807, 2.05) is 37.3 Å². The van der Waals surface area contributed by atoms with Gasteiger partial charge in [-0.15, -0.1) is 0 Å². The van der Waals surface area contributed by atoms with Crippen molar-refractivity contribution in [3.8, 4) is 0 Å². The maximum absolute atomic E-state index is 13.7. The van der Waals surface area contributed by atoms with Crippen molar-refractivity contribution in [1.82, 2.24) is 5.32 Å². The molecule has 0 saturated carbocycles. The third kappa shape index (κ3) is 3.36. The Hall–Kier alpha value is -1.87. The summed E-state index contributed by atoms with van der Waals surface area (Å²) >= 11 is 5.68. The van der Waals surface area contributed by atoms with E-state index in [1.165, 1.54) is 12.1 Å². The van der Waals surface area contributed by atoms with Gasteiger partial charge in [0.05, 0.1) is 11.6 Å². The predicted octanol–water partition coefficient (Wildman–Crippen LogP) is 4.36. The fourth-order valence-corrected chi connectivity index (χ4v) is 2.17. The number of rotatable bonds is 4. The second kappa shape index (κ2) is 6.53. The zero-order valence-electron chi connectivity index (χ0n) is 11.1. The molecular weight excluding hydrogens is 277 g/mol. The maximum atomic E-state index is 13.7. The van der Waals surface area contributed by atoms with Crippen LogP contribution in [0.5, 0.6) is 0 Å². The summed E-state index contributed by atoms with van der Waals surface area (Å²) in [5, 5.41) is 3.11. The van der Waals surface area contributed by atoms with Gasteiger partial charge in [0.15, 0.2) is 0 Å². The number of nitrogens with one attached hydrogen (secondary N) is 1. The van der Waals surface area contributed by atoms with E-state index in [0.717, 1.165) is 18.1 Å². The molecule has 0 bridgehead atoms. The van der Waals surface area contributed by atoms with Gasteiger partial charge in [-0.25, -0.2) is 4.39 Å². The van der Waals surface area contributed by atoms with Crippen molar-refractivity contribution in [3.05, 3.63) is 70.5 Å². The summed E-state index contributed by atoms with van der Waals surface area (Å²) in [6, 6.07) is 13.5. The lowest BCUT2D eigenvalue weighted by atomic mass is 10.0. The molecule has 0 aliphatic heterocycles. The Balaban J connectivity index is 2.17. The molecule has 2 aromatic rings. The number of benzene rings is 2. The number of halogens is 2. The summed E-state index contributed by atoms with van der Waals surface area (Å²) in [6.45, 7) is 1.97. The predicted molar refractivity (Wildman–Crippen MR) is 78.4 cm³/mol. The van der Waals surface area contributed by atoms with Crippen molar-refractivity contribution in [1.29, 1.82) is 0 Å². The van der Waals surface area contributed by atoms with Crippen LogP contribution in [0.15, 0.2) is 48.5 Å². The molecule has 1 atom stereocenters. The van der Waals surface area contributed by atoms with Gasteiger partial charge >= 0.3 is 0 Å². The Morgan fingerprint density at radius 1 is 1.25 bits per heavy atom. The molecule has 0 fully saturated rings. The molecular formula is C16H15ClFNO. The van der Waals surface area contributed by atoms with Crippen LogP contribution in [0.4, 0.5) is 4.39 Å². The SMILES string of the molecule is CC[C@H](NC(=O)c1ccc(Cl)cc1F)c1ccccc1. The Morgan fingerprint density at radius 2 is 1.95 bits per heavy atom. The van der Waals surface area contributed by atoms with Gasteiger partial charge in [-0.3, -0.25) is 4.79 Å². The van der Waals surface area contributed by atoms with Gasteiger partial charge in [0.25, 0.3) is 5.91 Å². The molecule has 0 unspecified atom stereocenters. The molecule has 0 spiro atoms. The molecule has 0 saturated heterocycles. The molecule has 2 aromatic carbocycles. The second-order valence-corrected chi connectivity index (χ2v) is 4.91. The maximum Gasteiger partial charge on any atom is 0.254 e. The Morgan fingerprint density at radius 3 is 2.55 bits per heavy atom. The van der Waals surface area contributed by atoms with Crippen LogP contribution in [0.25, 0.3) is 0 Å². The van der Waals surface area contributed by atoms with E-state index in [-0.39, 0.29) is 16.6 Å². The molecule has 1 amide bonds. The summed E-state index contributed by atoms with van der Waals surface area (Å²) in [5.74, 6) is -1.05. The first-order valence-corrected chi connectivity index (χ1v) is 6.80. The van der Waals surface area contributed by atoms with Crippen LogP contribution >= 0.6 is 11.6 Å². The third-order valence-electron chi connectivity index (χ3n) is 3.09. The van der Waals surface area contributed by atoms with E-state index in [2.05, 4.69) is 5.32 Å². The first kappa shape index (κ1) is 14.5. The zero-order chi connectivity index (χ0) is 14.5. The Kier molecular flexibility index (Phi) is 4.74. The van der Waals surface area contributed by atoms with Crippen molar-refractivity contribution < 1.29 is 9.18 Å². The molecule has 0 aliphatic rings. The highest BCUT2D eigenvalue weighted by Crippen LogP contribution is 2.19. The highest BCUT2D eigenvalue weighted by molar-refractivity contribution is 6.30. The van der Waals surface area contributed by atoms with Gasteiger partial charge in [0.2, 0.25) is 0 Å². The van der Waals surface area contributed by atoms with Crippen LogP contribution in [0, 0.1) is 5.82 Å². The van der Waals surface area contributed by atoms with Crippen molar-refractivity contribution in [2.24, 2.45) is 0 Å². The average Bonchev–Trinajstić information content (AvgIpc) is 2.45. The molecule has 0 radical (unpaired) electrons. The Labute approximate surface area is 122 Å². The molecule has 104 valence electrons. The van der Waals surface area contributed by atoms with E-state index in [1.54, 1.807) is 0 Å². The number of hydrogen-bond acceptors (Lipinski definition) is 1. The number of amides is 1. The van der Waals surface area contributed by atoms with E-state index < -0.39 is 11.7 Å². The van der Waals surface area contributed by atoms with Crippen LogP contribution in [0.1, 0.15) is 35.3 Å². The normalized spacial score (nSPS) is 11.9. The minimum absolute atomic E-state index is 0.00350. The van der Waals surface area contributed by atoms with E-state index in [0.29, 0.717) is 0 Å². The van der Waals surface area contributed by atoms with Gasteiger partial charge in [-0.2, -0.15) is 0 Å². The highest BCUT2D eigenvalue weighted by Gasteiger charge is 2.16. The van der Waals surface area contributed by atoms with Gasteiger partial charge in [-0.05, 0) is 30.2 Å². The summed E-state index contributed by atoms with van der Waals surface area (Å²) in [4.78, 5) is 12.1. The van der Waals surface area contributed by atoms with Crippen LogP contribution < -0.4 is 5.32 Å².